The van der Waals surface area contributed by atoms with Crippen LogP contribution in [0.5, 0.6) is 0 Å². The van der Waals surface area contributed by atoms with Crippen molar-refractivity contribution in [2.75, 3.05) is 26.2 Å². The van der Waals surface area contributed by atoms with E-state index in [-0.39, 0.29) is 4.90 Å². The number of carbonyl (C=O) groups is 2. The van der Waals surface area contributed by atoms with Crippen molar-refractivity contribution in [2.45, 2.75) is 63.9 Å². The molecular formula is C21H34N4O4S. The quantitative estimate of drug-likeness (QED) is 0.734. The predicted molar refractivity (Wildman–Crippen MR) is 117 cm³/mol. The minimum Gasteiger partial charge on any atom is -0.333 e. The first-order valence-electron chi connectivity index (χ1n) is 10.3. The largest absolute Gasteiger partial charge is 0.333 e. The first kappa shape index (κ1) is 24.3. The van der Waals surface area contributed by atoms with Crippen molar-refractivity contribution in [3.05, 3.63) is 29.8 Å². The van der Waals surface area contributed by atoms with Crippen molar-refractivity contribution in [3.8, 4) is 0 Å². The van der Waals surface area contributed by atoms with E-state index in [1.165, 1.54) is 4.31 Å². The van der Waals surface area contributed by atoms with Gasteiger partial charge in [0.1, 0.15) is 0 Å². The highest BCUT2D eigenvalue weighted by Crippen LogP contribution is 2.21. The monoisotopic (exact) mass is 438 g/mol. The van der Waals surface area contributed by atoms with Crippen LogP contribution in [0.3, 0.4) is 0 Å². The van der Waals surface area contributed by atoms with E-state index in [1.54, 1.807) is 19.1 Å². The summed E-state index contributed by atoms with van der Waals surface area (Å²) < 4.78 is 27.3. The number of hydrogen-bond acceptors (Lipinski definition) is 5. The van der Waals surface area contributed by atoms with Gasteiger partial charge >= 0.3 is 6.03 Å². The summed E-state index contributed by atoms with van der Waals surface area (Å²) in [5.41, 5.74) is 0.648. The number of amides is 3. The Labute approximate surface area is 180 Å². The zero-order chi connectivity index (χ0) is 22.7. The molecule has 1 heterocycles. The molecule has 3 amide bonds. The van der Waals surface area contributed by atoms with Crippen LogP contribution in [0.25, 0.3) is 0 Å². The predicted octanol–water partition coefficient (Wildman–Crippen LogP) is 2.13. The second-order valence-electron chi connectivity index (χ2n) is 9.03. The zero-order valence-corrected chi connectivity index (χ0v) is 19.5. The summed E-state index contributed by atoms with van der Waals surface area (Å²) in [6.07, 6.45) is 0. The zero-order valence-electron chi connectivity index (χ0n) is 18.7. The summed E-state index contributed by atoms with van der Waals surface area (Å²) in [5.74, 6) is -0.0688. The Bertz CT molecular complexity index is 852. The van der Waals surface area contributed by atoms with Gasteiger partial charge in [0.05, 0.1) is 10.9 Å². The van der Waals surface area contributed by atoms with Gasteiger partial charge in [0.15, 0.2) is 0 Å². The highest BCUT2D eigenvalue weighted by Gasteiger charge is 2.32. The van der Waals surface area contributed by atoms with E-state index >= 15 is 0 Å². The maximum atomic E-state index is 12.9. The Morgan fingerprint density at radius 2 is 1.50 bits per heavy atom. The van der Waals surface area contributed by atoms with E-state index in [4.69, 9.17) is 0 Å². The number of rotatable bonds is 5. The van der Waals surface area contributed by atoms with Gasteiger partial charge in [-0.1, -0.05) is 26.0 Å². The van der Waals surface area contributed by atoms with E-state index in [2.05, 4.69) is 24.5 Å². The van der Waals surface area contributed by atoms with Crippen LogP contribution in [0.1, 0.15) is 53.0 Å². The number of urea groups is 1. The Hall–Kier alpha value is -1.97. The third kappa shape index (κ3) is 6.26. The van der Waals surface area contributed by atoms with Crippen LogP contribution in [0.2, 0.25) is 0 Å². The lowest BCUT2D eigenvalue weighted by Gasteiger charge is -2.36. The molecule has 1 aliphatic rings. The van der Waals surface area contributed by atoms with Crippen LogP contribution in [0.4, 0.5) is 4.79 Å². The molecule has 0 aromatic heterocycles. The van der Waals surface area contributed by atoms with Gasteiger partial charge in [-0.25, -0.2) is 13.2 Å². The molecule has 0 bridgehead atoms. The van der Waals surface area contributed by atoms with Gasteiger partial charge in [-0.15, -0.1) is 0 Å². The topological polar surface area (TPSA) is 98.8 Å². The Morgan fingerprint density at radius 3 is 1.97 bits per heavy atom. The van der Waals surface area contributed by atoms with Crippen LogP contribution in [0, 0.1) is 0 Å². The third-order valence-electron chi connectivity index (χ3n) is 5.11. The molecule has 0 spiro atoms. The molecule has 30 heavy (non-hydrogen) atoms. The van der Waals surface area contributed by atoms with Crippen molar-refractivity contribution in [3.63, 3.8) is 0 Å². The van der Waals surface area contributed by atoms with Gasteiger partial charge < -0.3 is 5.32 Å². The van der Waals surface area contributed by atoms with E-state index in [0.717, 1.165) is 5.56 Å². The van der Waals surface area contributed by atoms with E-state index in [9.17, 15) is 18.0 Å². The lowest BCUT2D eigenvalue weighted by Crippen LogP contribution is -2.57. The summed E-state index contributed by atoms with van der Waals surface area (Å²) in [7, 11) is -3.57. The number of imide groups is 1. The molecule has 1 atom stereocenters. The van der Waals surface area contributed by atoms with Crippen molar-refractivity contribution < 1.29 is 18.0 Å². The fraction of sp³-hybridized carbons (Fsp3) is 0.619. The van der Waals surface area contributed by atoms with Crippen molar-refractivity contribution in [2.24, 2.45) is 0 Å². The number of sulfonamides is 1. The van der Waals surface area contributed by atoms with Gasteiger partial charge in [-0.3, -0.25) is 15.0 Å². The molecule has 8 nitrogen and oxygen atoms in total. The van der Waals surface area contributed by atoms with Crippen LogP contribution in [-0.2, 0) is 14.8 Å². The smallest absolute Gasteiger partial charge is 0.321 e. The summed E-state index contributed by atoms with van der Waals surface area (Å²) >= 11 is 0. The number of piperazine rings is 1. The molecule has 2 rings (SSSR count). The normalized spacial score (nSPS) is 17.6. The minimum absolute atomic E-state index is 0.282. The van der Waals surface area contributed by atoms with Gasteiger partial charge in [0.25, 0.3) is 0 Å². The molecule has 1 saturated heterocycles. The number of benzene rings is 1. The second-order valence-corrected chi connectivity index (χ2v) is 11.0. The van der Waals surface area contributed by atoms with E-state index < -0.39 is 33.5 Å². The average Bonchev–Trinajstić information content (AvgIpc) is 2.66. The third-order valence-corrected chi connectivity index (χ3v) is 7.02. The average molecular weight is 439 g/mol. The molecule has 0 saturated carbocycles. The molecule has 1 aromatic carbocycles. The molecule has 168 valence electrons. The minimum atomic E-state index is -3.57. The summed E-state index contributed by atoms with van der Waals surface area (Å²) in [4.78, 5) is 26.5. The van der Waals surface area contributed by atoms with E-state index in [1.807, 2.05) is 37.8 Å². The van der Waals surface area contributed by atoms with Crippen LogP contribution in [0.15, 0.2) is 29.2 Å². The Balaban J connectivity index is 1.94. The molecule has 1 aliphatic heterocycles. The first-order chi connectivity index (χ1) is 13.8. The van der Waals surface area contributed by atoms with Gasteiger partial charge in [0.2, 0.25) is 15.9 Å². The first-order valence-corrected chi connectivity index (χ1v) is 11.7. The number of hydrogen-bond donors (Lipinski definition) is 2. The lowest BCUT2D eigenvalue weighted by atomic mass is 10.0. The summed E-state index contributed by atoms with van der Waals surface area (Å²) in [5, 5.41) is 5.04. The standard InChI is InChI=1S/C21H34N4O4S/c1-15(2)17-7-9-18(10-8-17)30(28,29)25-13-11-24(12-14-25)16(3)19(26)22-20(27)23-21(4,5)6/h7-10,15-16H,11-14H2,1-6H3,(H2,22,23,26,27). The highest BCUT2D eigenvalue weighted by atomic mass is 32.2. The van der Waals surface area contributed by atoms with Gasteiger partial charge in [0, 0.05) is 31.7 Å². The maximum Gasteiger partial charge on any atom is 0.321 e. The Kier molecular flexibility index (Phi) is 7.65. The van der Waals surface area contributed by atoms with Gasteiger partial charge in [-0.2, -0.15) is 4.31 Å². The molecule has 0 aliphatic carbocycles. The number of nitrogens with one attached hydrogen (secondary N) is 2. The number of carbonyl (C=O) groups excluding carboxylic acids is 2. The molecule has 1 unspecified atom stereocenters. The van der Waals surface area contributed by atoms with Crippen LogP contribution < -0.4 is 10.6 Å². The van der Waals surface area contributed by atoms with E-state index in [0.29, 0.717) is 32.1 Å². The summed E-state index contributed by atoms with van der Waals surface area (Å²) in [6.45, 7) is 12.7. The molecule has 1 fully saturated rings. The molecular weight excluding hydrogens is 404 g/mol. The van der Waals surface area contributed by atoms with Gasteiger partial charge in [-0.05, 0) is 51.3 Å². The van der Waals surface area contributed by atoms with Crippen molar-refractivity contribution in [1.82, 2.24) is 19.8 Å². The lowest BCUT2D eigenvalue weighted by molar-refractivity contribution is -0.125. The molecule has 9 heteroatoms. The highest BCUT2D eigenvalue weighted by molar-refractivity contribution is 7.89. The van der Waals surface area contributed by atoms with Crippen LogP contribution in [-0.4, -0.2) is 67.3 Å². The van der Waals surface area contributed by atoms with Crippen molar-refractivity contribution >= 4 is 22.0 Å². The molecule has 1 aromatic rings. The second kappa shape index (κ2) is 9.45. The molecule has 0 radical (unpaired) electrons. The summed E-state index contributed by atoms with van der Waals surface area (Å²) in [6, 6.07) is 5.93. The fourth-order valence-corrected chi connectivity index (χ4v) is 4.68. The van der Waals surface area contributed by atoms with Crippen LogP contribution >= 0.6 is 0 Å². The Morgan fingerprint density at radius 1 is 0.967 bits per heavy atom. The maximum absolute atomic E-state index is 12.9. The number of nitrogens with zero attached hydrogens (tertiary/aromatic N) is 2. The van der Waals surface area contributed by atoms with Crippen molar-refractivity contribution in [1.29, 1.82) is 0 Å². The molecule has 2 N–H and O–H groups in total. The fourth-order valence-electron chi connectivity index (χ4n) is 3.26. The SMILES string of the molecule is CC(C)c1ccc(S(=O)(=O)N2CCN(C(C)C(=O)NC(=O)NC(C)(C)C)CC2)cc1.